The summed E-state index contributed by atoms with van der Waals surface area (Å²) < 4.78 is 33.6. The first-order valence-corrected chi connectivity index (χ1v) is 8.78. The third-order valence-electron chi connectivity index (χ3n) is 3.53. The van der Waals surface area contributed by atoms with Gasteiger partial charge in [0, 0.05) is 26.7 Å². The number of sulfonamides is 1. The Balaban J connectivity index is 0.00000242. The van der Waals surface area contributed by atoms with Crippen LogP contribution in [-0.4, -0.2) is 54.8 Å². The van der Waals surface area contributed by atoms with Crippen LogP contribution in [0.25, 0.3) is 0 Å². The number of aromatic nitrogens is 2. The zero-order valence-corrected chi connectivity index (χ0v) is 14.8. The van der Waals surface area contributed by atoms with Crippen molar-refractivity contribution in [1.82, 2.24) is 14.1 Å². The van der Waals surface area contributed by atoms with Gasteiger partial charge in [0.1, 0.15) is 0 Å². The number of hydrogen-bond acceptors (Lipinski definition) is 5. The van der Waals surface area contributed by atoms with Gasteiger partial charge in [-0.25, -0.2) is 8.42 Å². The standard InChI is InChI=1S/C12H21ClN4O3S.ClH/c1-16-12(11(13)9-15-16)21(18,19)17-6-3-10(4-7-17)20-8-2-5-14;/h9-10H,2-8,14H2,1H3;1H. The Labute approximate surface area is 142 Å². The molecule has 1 saturated heterocycles. The van der Waals surface area contributed by atoms with Gasteiger partial charge in [0.05, 0.1) is 17.3 Å². The molecule has 0 atom stereocenters. The van der Waals surface area contributed by atoms with E-state index in [1.165, 1.54) is 15.2 Å². The Kier molecular flexibility index (Phi) is 7.57. The quantitative estimate of drug-likeness (QED) is 0.752. The van der Waals surface area contributed by atoms with Crippen LogP contribution in [0.2, 0.25) is 5.02 Å². The molecule has 0 amide bonds. The minimum absolute atomic E-state index is 0. The molecule has 0 aromatic carbocycles. The number of aryl methyl sites for hydroxylation is 1. The topological polar surface area (TPSA) is 90.5 Å². The van der Waals surface area contributed by atoms with Crippen molar-refractivity contribution in [2.75, 3.05) is 26.2 Å². The van der Waals surface area contributed by atoms with E-state index in [9.17, 15) is 8.42 Å². The molecule has 2 heterocycles. The zero-order valence-electron chi connectivity index (χ0n) is 12.4. The number of piperidine rings is 1. The van der Waals surface area contributed by atoms with Crippen LogP contribution in [0, 0.1) is 0 Å². The van der Waals surface area contributed by atoms with Crippen molar-refractivity contribution in [3.8, 4) is 0 Å². The van der Waals surface area contributed by atoms with Crippen LogP contribution in [0.5, 0.6) is 0 Å². The Morgan fingerprint density at radius 1 is 1.45 bits per heavy atom. The summed E-state index contributed by atoms with van der Waals surface area (Å²) in [6, 6.07) is 0. The molecule has 0 aliphatic carbocycles. The largest absolute Gasteiger partial charge is 0.378 e. The highest BCUT2D eigenvalue weighted by Crippen LogP contribution is 2.26. The van der Waals surface area contributed by atoms with Gasteiger partial charge < -0.3 is 10.5 Å². The monoisotopic (exact) mass is 372 g/mol. The third-order valence-corrected chi connectivity index (χ3v) is 5.94. The molecule has 0 unspecified atom stereocenters. The number of ether oxygens (including phenoxy) is 1. The highest BCUT2D eigenvalue weighted by atomic mass is 35.5. The van der Waals surface area contributed by atoms with E-state index >= 15 is 0 Å². The Bertz CT molecular complexity index is 551. The van der Waals surface area contributed by atoms with E-state index in [2.05, 4.69) is 5.10 Å². The van der Waals surface area contributed by atoms with Gasteiger partial charge in [-0.1, -0.05) is 11.6 Å². The number of rotatable bonds is 6. The molecule has 128 valence electrons. The number of halogens is 2. The van der Waals surface area contributed by atoms with Gasteiger partial charge in [-0.3, -0.25) is 4.68 Å². The van der Waals surface area contributed by atoms with Crippen molar-refractivity contribution in [3.05, 3.63) is 11.2 Å². The highest BCUT2D eigenvalue weighted by molar-refractivity contribution is 7.89. The zero-order chi connectivity index (χ0) is 15.5. The highest BCUT2D eigenvalue weighted by Gasteiger charge is 2.33. The van der Waals surface area contributed by atoms with Crippen LogP contribution in [0.4, 0.5) is 0 Å². The van der Waals surface area contributed by atoms with E-state index in [0.29, 0.717) is 39.1 Å². The molecule has 1 aliphatic rings. The fourth-order valence-electron chi connectivity index (χ4n) is 2.38. The summed E-state index contributed by atoms with van der Waals surface area (Å²) in [4.78, 5) is 0. The predicted octanol–water partition coefficient (Wildman–Crippen LogP) is 1.01. The van der Waals surface area contributed by atoms with E-state index in [4.69, 9.17) is 22.1 Å². The SMILES string of the molecule is Cl.Cn1ncc(Cl)c1S(=O)(=O)N1CCC(OCCCN)CC1. The van der Waals surface area contributed by atoms with E-state index in [1.54, 1.807) is 7.05 Å². The van der Waals surface area contributed by atoms with Crippen LogP contribution in [0.3, 0.4) is 0 Å². The fourth-order valence-corrected chi connectivity index (χ4v) is 4.46. The molecule has 1 aromatic heterocycles. The van der Waals surface area contributed by atoms with Crippen molar-refractivity contribution >= 4 is 34.0 Å². The summed E-state index contributed by atoms with van der Waals surface area (Å²) in [6.07, 6.45) is 3.63. The van der Waals surface area contributed by atoms with Gasteiger partial charge in [-0.05, 0) is 25.8 Å². The normalized spacial score (nSPS) is 17.4. The molecule has 0 radical (unpaired) electrons. The summed E-state index contributed by atoms with van der Waals surface area (Å²) in [5, 5.41) is 4.08. The molecule has 1 fully saturated rings. The lowest BCUT2D eigenvalue weighted by Gasteiger charge is -2.31. The molecule has 22 heavy (non-hydrogen) atoms. The first kappa shape index (κ1) is 19.7. The van der Waals surface area contributed by atoms with Crippen molar-refractivity contribution in [3.63, 3.8) is 0 Å². The predicted molar refractivity (Wildman–Crippen MR) is 86.9 cm³/mol. The third kappa shape index (κ3) is 4.33. The van der Waals surface area contributed by atoms with Crippen LogP contribution in [-0.2, 0) is 21.8 Å². The fraction of sp³-hybridized carbons (Fsp3) is 0.750. The van der Waals surface area contributed by atoms with Crippen LogP contribution >= 0.6 is 24.0 Å². The van der Waals surface area contributed by atoms with E-state index in [-0.39, 0.29) is 28.6 Å². The second kappa shape index (κ2) is 8.47. The smallest absolute Gasteiger partial charge is 0.261 e. The van der Waals surface area contributed by atoms with Crippen LogP contribution < -0.4 is 5.73 Å². The van der Waals surface area contributed by atoms with Gasteiger partial charge in [-0.15, -0.1) is 12.4 Å². The Morgan fingerprint density at radius 3 is 2.59 bits per heavy atom. The summed E-state index contributed by atoms with van der Waals surface area (Å²) in [7, 11) is -2.03. The molecular formula is C12H22Cl2N4O3S. The molecule has 0 bridgehead atoms. The van der Waals surface area contributed by atoms with Gasteiger partial charge >= 0.3 is 0 Å². The lowest BCUT2D eigenvalue weighted by atomic mass is 10.1. The minimum Gasteiger partial charge on any atom is -0.378 e. The van der Waals surface area contributed by atoms with Crippen molar-refractivity contribution < 1.29 is 13.2 Å². The first-order chi connectivity index (χ1) is 9.96. The van der Waals surface area contributed by atoms with Crippen LogP contribution in [0.15, 0.2) is 11.2 Å². The van der Waals surface area contributed by atoms with Gasteiger partial charge in [-0.2, -0.15) is 9.40 Å². The van der Waals surface area contributed by atoms with E-state index < -0.39 is 10.0 Å². The Morgan fingerprint density at radius 2 is 2.09 bits per heavy atom. The van der Waals surface area contributed by atoms with Gasteiger partial charge in [0.25, 0.3) is 10.0 Å². The minimum atomic E-state index is -3.60. The molecule has 0 saturated carbocycles. The van der Waals surface area contributed by atoms with Crippen molar-refractivity contribution in [2.45, 2.75) is 30.4 Å². The number of nitrogens with zero attached hydrogens (tertiary/aromatic N) is 3. The van der Waals surface area contributed by atoms with Gasteiger partial charge in [0.2, 0.25) is 0 Å². The lowest BCUT2D eigenvalue weighted by molar-refractivity contribution is 0.0208. The van der Waals surface area contributed by atoms with E-state index in [1.807, 2.05) is 0 Å². The first-order valence-electron chi connectivity index (χ1n) is 6.96. The Hall–Kier alpha value is -0.380. The van der Waals surface area contributed by atoms with E-state index in [0.717, 1.165) is 6.42 Å². The average molecular weight is 373 g/mol. The molecule has 0 spiro atoms. The lowest BCUT2D eigenvalue weighted by Crippen LogP contribution is -2.41. The second-order valence-electron chi connectivity index (χ2n) is 5.04. The summed E-state index contributed by atoms with van der Waals surface area (Å²) >= 11 is 5.94. The van der Waals surface area contributed by atoms with Crippen molar-refractivity contribution in [1.29, 1.82) is 0 Å². The maximum atomic E-state index is 12.6. The molecule has 7 nitrogen and oxygen atoms in total. The number of hydrogen-bond donors (Lipinski definition) is 1. The maximum Gasteiger partial charge on any atom is 0.261 e. The molecule has 1 aromatic rings. The summed E-state index contributed by atoms with van der Waals surface area (Å²) in [5.74, 6) is 0. The molecule has 2 N–H and O–H groups in total. The van der Waals surface area contributed by atoms with Crippen molar-refractivity contribution in [2.24, 2.45) is 12.8 Å². The molecular weight excluding hydrogens is 351 g/mol. The number of nitrogens with two attached hydrogens (primary N) is 1. The molecule has 10 heteroatoms. The average Bonchev–Trinajstić information content (AvgIpc) is 2.79. The van der Waals surface area contributed by atoms with Gasteiger partial charge in [0.15, 0.2) is 5.03 Å². The molecule has 2 rings (SSSR count). The second-order valence-corrected chi connectivity index (χ2v) is 7.30. The molecule has 1 aliphatic heterocycles. The summed E-state index contributed by atoms with van der Waals surface area (Å²) in [6.45, 7) is 2.09. The summed E-state index contributed by atoms with van der Waals surface area (Å²) in [5.41, 5.74) is 5.42. The van der Waals surface area contributed by atoms with Crippen LogP contribution in [0.1, 0.15) is 19.3 Å². The maximum absolute atomic E-state index is 12.6.